The van der Waals surface area contributed by atoms with Crippen LogP contribution in [0.3, 0.4) is 0 Å². The summed E-state index contributed by atoms with van der Waals surface area (Å²) in [6.07, 6.45) is 6.45. The van der Waals surface area contributed by atoms with Gasteiger partial charge in [0.25, 0.3) is 0 Å². The summed E-state index contributed by atoms with van der Waals surface area (Å²) in [5.74, 6) is 5.97. The van der Waals surface area contributed by atoms with Crippen molar-refractivity contribution in [1.29, 1.82) is 5.41 Å². The van der Waals surface area contributed by atoms with Gasteiger partial charge in [-0.1, -0.05) is 6.42 Å². The Labute approximate surface area is 187 Å². The molecule has 174 valence electrons. The molecular weight excluding hydrogens is 435 g/mol. The topological polar surface area (TPSA) is 128 Å². The zero-order valence-electron chi connectivity index (χ0n) is 18.3. The highest BCUT2D eigenvalue weighted by molar-refractivity contribution is 7.92. The molecule has 0 unspecified atom stereocenters. The molecule has 32 heavy (non-hydrogen) atoms. The van der Waals surface area contributed by atoms with Gasteiger partial charge in [0.05, 0.1) is 18.7 Å². The molecule has 0 amide bonds. The third kappa shape index (κ3) is 4.91. The van der Waals surface area contributed by atoms with E-state index in [1.54, 1.807) is 0 Å². The molecule has 1 aromatic heterocycles. The van der Waals surface area contributed by atoms with Crippen molar-refractivity contribution in [1.82, 2.24) is 4.98 Å². The Hall–Kier alpha value is -2.59. The van der Waals surface area contributed by atoms with E-state index in [9.17, 15) is 12.8 Å². The first-order chi connectivity index (χ1) is 15.2. The number of benzene rings is 1. The monoisotopic (exact) mass is 464 g/mol. The van der Waals surface area contributed by atoms with Crippen LogP contribution in [-0.4, -0.2) is 55.7 Å². The predicted octanol–water partition coefficient (Wildman–Crippen LogP) is 2.96. The summed E-state index contributed by atoms with van der Waals surface area (Å²) in [5, 5.41) is 11.9. The lowest BCUT2D eigenvalue weighted by Gasteiger charge is -2.37. The first-order valence-corrected chi connectivity index (χ1v) is 12.3. The quantitative estimate of drug-likeness (QED) is 0.384. The van der Waals surface area contributed by atoms with Gasteiger partial charge in [0, 0.05) is 24.1 Å². The van der Waals surface area contributed by atoms with Gasteiger partial charge in [-0.15, -0.1) is 0 Å². The Morgan fingerprint density at radius 2 is 2.22 bits per heavy atom. The van der Waals surface area contributed by atoms with Crippen molar-refractivity contribution in [2.75, 3.05) is 19.5 Å². The van der Waals surface area contributed by atoms with Gasteiger partial charge in [0.2, 0.25) is 0 Å². The number of aromatic nitrogens is 1. The van der Waals surface area contributed by atoms with Crippen LogP contribution in [0.1, 0.15) is 37.3 Å². The Balaban J connectivity index is 0.000000243. The van der Waals surface area contributed by atoms with E-state index in [1.807, 2.05) is 31.3 Å². The molecule has 2 aliphatic rings. The van der Waals surface area contributed by atoms with E-state index in [4.69, 9.17) is 20.7 Å². The molecule has 1 aliphatic heterocycles. The van der Waals surface area contributed by atoms with Crippen molar-refractivity contribution in [3.63, 3.8) is 0 Å². The second kappa shape index (κ2) is 9.91. The third-order valence-corrected chi connectivity index (χ3v) is 8.21. The van der Waals surface area contributed by atoms with Crippen LogP contribution in [0.2, 0.25) is 0 Å². The molecule has 3 N–H and O–H groups in total. The molecule has 0 spiro atoms. The van der Waals surface area contributed by atoms with Crippen molar-refractivity contribution in [3.8, 4) is 5.75 Å². The number of rotatable bonds is 6. The molecule has 1 aromatic carbocycles. The molecule has 2 heterocycles. The molecule has 1 aliphatic carbocycles. The predicted molar refractivity (Wildman–Crippen MR) is 123 cm³/mol. The fraction of sp³-hybridized carbons (Fsp3) is 0.500. The fourth-order valence-corrected chi connectivity index (χ4v) is 5.04. The largest absolute Gasteiger partial charge is 0.484 e. The summed E-state index contributed by atoms with van der Waals surface area (Å²) in [4.78, 5) is 4.47. The highest BCUT2D eigenvalue weighted by Gasteiger charge is 2.46. The van der Waals surface area contributed by atoms with E-state index >= 15 is 0 Å². The Bertz CT molecular complexity index is 1110. The van der Waals surface area contributed by atoms with Crippen LogP contribution in [0.25, 0.3) is 10.9 Å². The standard InChI is InChI=1S/C16H18N4O2.C6H11FO2S/c1-10(16(7-17)20-18)22-12-2-3-15-14(6-12)13-4-5-21-9-11(13)8-19-15;1-10(8,9)6(5-7)3-2-4-6/h2-3,6-8,10,17H,4-5,9,18H2,1H3;2-5H2,1H3/b17-7?,20-16+;/t10-;/m1./s1. The number of hydrogen-bond acceptors (Lipinski definition) is 8. The van der Waals surface area contributed by atoms with Gasteiger partial charge in [0.1, 0.15) is 29.0 Å². The maximum absolute atomic E-state index is 12.2. The van der Waals surface area contributed by atoms with E-state index in [0.29, 0.717) is 30.9 Å². The number of sulfone groups is 1. The molecule has 1 atom stereocenters. The van der Waals surface area contributed by atoms with E-state index in [-0.39, 0.29) is 6.10 Å². The van der Waals surface area contributed by atoms with Crippen molar-refractivity contribution >= 4 is 32.7 Å². The number of ether oxygens (including phenoxy) is 2. The molecule has 2 aromatic rings. The second-order valence-electron chi connectivity index (χ2n) is 8.14. The van der Waals surface area contributed by atoms with Crippen LogP contribution in [-0.2, 0) is 27.6 Å². The number of pyridine rings is 1. The minimum atomic E-state index is -3.15. The normalized spacial score (nSPS) is 18.5. The number of fused-ring (bicyclic) bond motifs is 3. The highest BCUT2D eigenvalue weighted by Crippen LogP contribution is 2.39. The molecule has 0 bridgehead atoms. The number of alkyl halides is 1. The molecular formula is C22H29FN4O4S. The van der Waals surface area contributed by atoms with Gasteiger partial charge in [0.15, 0.2) is 9.84 Å². The van der Waals surface area contributed by atoms with Crippen molar-refractivity contribution in [2.45, 2.75) is 50.1 Å². The molecule has 1 fully saturated rings. The Kier molecular flexibility index (Phi) is 7.45. The van der Waals surface area contributed by atoms with E-state index in [0.717, 1.165) is 48.4 Å². The van der Waals surface area contributed by atoms with Crippen LogP contribution >= 0.6 is 0 Å². The summed E-state index contributed by atoms with van der Waals surface area (Å²) in [6.45, 7) is 2.43. The van der Waals surface area contributed by atoms with E-state index in [1.165, 1.54) is 5.56 Å². The maximum atomic E-state index is 12.2. The van der Waals surface area contributed by atoms with Crippen LogP contribution in [0.15, 0.2) is 29.5 Å². The number of hydrogen-bond donors (Lipinski definition) is 2. The van der Waals surface area contributed by atoms with Crippen molar-refractivity contribution in [3.05, 3.63) is 35.5 Å². The molecule has 10 heteroatoms. The smallest absolute Gasteiger partial charge is 0.155 e. The van der Waals surface area contributed by atoms with Gasteiger partial charge < -0.3 is 20.7 Å². The number of nitrogens with zero attached hydrogens (tertiary/aromatic N) is 2. The maximum Gasteiger partial charge on any atom is 0.155 e. The molecule has 0 radical (unpaired) electrons. The van der Waals surface area contributed by atoms with Gasteiger partial charge in [-0.25, -0.2) is 12.8 Å². The lowest BCUT2D eigenvalue weighted by Crippen LogP contribution is -2.46. The van der Waals surface area contributed by atoms with E-state index < -0.39 is 21.3 Å². The summed E-state index contributed by atoms with van der Waals surface area (Å²) >= 11 is 0. The molecule has 1 saturated carbocycles. The zero-order chi connectivity index (χ0) is 23.4. The molecule has 0 saturated heterocycles. The summed E-state index contributed by atoms with van der Waals surface area (Å²) < 4.78 is 44.4. The van der Waals surface area contributed by atoms with Gasteiger partial charge in [-0.3, -0.25) is 4.98 Å². The van der Waals surface area contributed by atoms with Crippen LogP contribution in [0.5, 0.6) is 5.75 Å². The summed E-state index contributed by atoms with van der Waals surface area (Å²) in [7, 11) is -3.15. The van der Waals surface area contributed by atoms with Crippen LogP contribution in [0, 0.1) is 5.41 Å². The average molecular weight is 465 g/mol. The first kappa shape index (κ1) is 24.1. The number of nitrogens with one attached hydrogen (secondary N) is 1. The molecule has 4 rings (SSSR count). The minimum absolute atomic E-state index is 0.379. The van der Waals surface area contributed by atoms with Crippen LogP contribution in [0.4, 0.5) is 4.39 Å². The first-order valence-electron chi connectivity index (χ1n) is 10.4. The lowest BCUT2D eigenvalue weighted by atomic mass is 9.85. The summed E-state index contributed by atoms with van der Waals surface area (Å²) in [6, 6.07) is 5.80. The number of hydrazone groups is 1. The van der Waals surface area contributed by atoms with Gasteiger partial charge in [-0.2, -0.15) is 5.10 Å². The van der Waals surface area contributed by atoms with Gasteiger partial charge in [-0.05, 0) is 55.5 Å². The third-order valence-electron chi connectivity index (χ3n) is 6.12. The molecule has 8 nitrogen and oxygen atoms in total. The zero-order valence-corrected chi connectivity index (χ0v) is 19.1. The highest BCUT2D eigenvalue weighted by atomic mass is 32.2. The average Bonchev–Trinajstić information content (AvgIpc) is 2.73. The van der Waals surface area contributed by atoms with E-state index in [2.05, 4.69) is 10.1 Å². The lowest BCUT2D eigenvalue weighted by molar-refractivity contribution is 0.111. The second-order valence-corrected chi connectivity index (χ2v) is 10.6. The number of nitrogens with two attached hydrogens (primary N) is 1. The van der Waals surface area contributed by atoms with Crippen molar-refractivity contribution in [2.24, 2.45) is 10.9 Å². The van der Waals surface area contributed by atoms with Crippen LogP contribution < -0.4 is 10.6 Å². The summed E-state index contributed by atoms with van der Waals surface area (Å²) in [5.41, 5.74) is 3.74. The number of halogens is 1. The minimum Gasteiger partial charge on any atom is -0.484 e. The van der Waals surface area contributed by atoms with Gasteiger partial charge >= 0.3 is 0 Å². The SMILES string of the molecule is CS(=O)(=O)C1(CF)CCC1.C[C@@H](Oc1ccc2ncc3c(c2c1)CCOC3)/C(C=N)=N/N. The Morgan fingerprint density at radius 3 is 2.75 bits per heavy atom. The Morgan fingerprint density at radius 1 is 1.47 bits per heavy atom. The van der Waals surface area contributed by atoms with Crippen molar-refractivity contribution < 1.29 is 22.3 Å². The fourth-order valence-electron chi connectivity index (χ4n) is 3.82.